The highest BCUT2D eigenvalue weighted by Crippen LogP contribution is 2.30. The minimum absolute atomic E-state index is 0.115. The quantitative estimate of drug-likeness (QED) is 0.913. The highest BCUT2D eigenvalue weighted by atomic mass is 19.4. The van der Waals surface area contributed by atoms with Gasteiger partial charge in [-0.1, -0.05) is 12.1 Å². The van der Waals surface area contributed by atoms with Crippen molar-refractivity contribution in [3.8, 4) is 0 Å². The van der Waals surface area contributed by atoms with E-state index in [-0.39, 0.29) is 12.1 Å². The fraction of sp³-hybridized carbons (Fsp3) is 0.400. The van der Waals surface area contributed by atoms with Crippen molar-refractivity contribution < 1.29 is 13.2 Å². The molecule has 0 aliphatic rings. The predicted molar refractivity (Wildman–Crippen MR) is 74.7 cm³/mol. The zero-order chi connectivity index (χ0) is 15.5. The summed E-state index contributed by atoms with van der Waals surface area (Å²) in [5.74, 6) is 0. The van der Waals surface area contributed by atoms with Gasteiger partial charge in [0.05, 0.1) is 11.9 Å². The van der Waals surface area contributed by atoms with Gasteiger partial charge in [0.25, 0.3) is 0 Å². The van der Waals surface area contributed by atoms with Crippen molar-refractivity contribution in [1.82, 2.24) is 14.9 Å². The molecular weight excluding hydrogens is 279 g/mol. The van der Waals surface area contributed by atoms with Gasteiger partial charge in [-0.05, 0) is 31.5 Å². The van der Waals surface area contributed by atoms with Gasteiger partial charge in [0.1, 0.15) is 0 Å². The van der Waals surface area contributed by atoms with E-state index in [2.05, 4.69) is 10.3 Å². The maximum Gasteiger partial charge on any atom is 0.416 e. The SMILES string of the molecule is CC(Cn1ccnc1)NC(C)c1cccc(C(F)(F)F)c1. The molecule has 1 N–H and O–H groups in total. The molecule has 21 heavy (non-hydrogen) atoms. The molecule has 1 heterocycles. The van der Waals surface area contributed by atoms with Crippen LogP contribution in [0.4, 0.5) is 13.2 Å². The Bertz CT molecular complexity index is 564. The Morgan fingerprint density at radius 3 is 2.67 bits per heavy atom. The number of imidazole rings is 1. The first-order chi connectivity index (χ1) is 9.86. The van der Waals surface area contributed by atoms with E-state index in [1.807, 2.05) is 24.6 Å². The summed E-state index contributed by atoms with van der Waals surface area (Å²) >= 11 is 0. The fourth-order valence-electron chi connectivity index (χ4n) is 2.27. The van der Waals surface area contributed by atoms with Crippen LogP contribution in [-0.4, -0.2) is 15.6 Å². The van der Waals surface area contributed by atoms with Crippen LogP contribution in [0.15, 0.2) is 43.0 Å². The first kappa shape index (κ1) is 15.6. The minimum Gasteiger partial charge on any atom is -0.336 e. The predicted octanol–water partition coefficient (Wildman–Crippen LogP) is 3.64. The molecule has 0 spiro atoms. The monoisotopic (exact) mass is 297 g/mol. The van der Waals surface area contributed by atoms with E-state index in [9.17, 15) is 13.2 Å². The summed E-state index contributed by atoms with van der Waals surface area (Å²) in [5, 5.41) is 3.30. The van der Waals surface area contributed by atoms with Gasteiger partial charge in [0, 0.05) is 31.0 Å². The van der Waals surface area contributed by atoms with Crippen LogP contribution in [0, 0.1) is 0 Å². The Balaban J connectivity index is 2.01. The van der Waals surface area contributed by atoms with Crippen molar-refractivity contribution in [3.63, 3.8) is 0 Å². The topological polar surface area (TPSA) is 29.9 Å². The number of nitrogens with zero attached hydrogens (tertiary/aromatic N) is 2. The Morgan fingerprint density at radius 2 is 2.05 bits per heavy atom. The molecule has 0 aliphatic carbocycles. The molecule has 114 valence electrons. The number of nitrogens with one attached hydrogen (secondary N) is 1. The number of hydrogen-bond donors (Lipinski definition) is 1. The molecule has 0 saturated heterocycles. The number of hydrogen-bond acceptors (Lipinski definition) is 2. The summed E-state index contributed by atoms with van der Waals surface area (Å²) in [6.07, 6.45) is 0.960. The van der Waals surface area contributed by atoms with Crippen molar-refractivity contribution >= 4 is 0 Å². The fourth-order valence-corrected chi connectivity index (χ4v) is 2.27. The lowest BCUT2D eigenvalue weighted by Gasteiger charge is -2.21. The summed E-state index contributed by atoms with van der Waals surface area (Å²) in [6, 6.07) is 5.38. The van der Waals surface area contributed by atoms with Gasteiger partial charge in [-0.3, -0.25) is 0 Å². The number of benzene rings is 1. The second-order valence-corrected chi connectivity index (χ2v) is 5.17. The Labute approximate surface area is 121 Å². The average molecular weight is 297 g/mol. The second kappa shape index (κ2) is 6.30. The summed E-state index contributed by atoms with van der Waals surface area (Å²) in [6.45, 7) is 4.56. The molecule has 1 aromatic carbocycles. The van der Waals surface area contributed by atoms with Crippen molar-refractivity contribution in [1.29, 1.82) is 0 Å². The van der Waals surface area contributed by atoms with E-state index in [0.717, 1.165) is 6.07 Å². The highest BCUT2D eigenvalue weighted by molar-refractivity contribution is 5.27. The lowest BCUT2D eigenvalue weighted by Crippen LogP contribution is -2.32. The number of rotatable bonds is 5. The molecule has 2 unspecified atom stereocenters. The summed E-state index contributed by atoms with van der Waals surface area (Å²) < 4.78 is 40.1. The van der Waals surface area contributed by atoms with Gasteiger partial charge >= 0.3 is 6.18 Å². The van der Waals surface area contributed by atoms with Crippen LogP contribution in [0.2, 0.25) is 0 Å². The van der Waals surface area contributed by atoms with E-state index in [1.54, 1.807) is 18.6 Å². The molecule has 0 amide bonds. The summed E-state index contributed by atoms with van der Waals surface area (Å²) in [5.41, 5.74) is 0.0122. The van der Waals surface area contributed by atoms with E-state index in [1.165, 1.54) is 12.1 Å². The van der Waals surface area contributed by atoms with E-state index in [0.29, 0.717) is 12.1 Å². The smallest absolute Gasteiger partial charge is 0.336 e. The van der Waals surface area contributed by atoms with E-state index in [4.69, 9.17) is 0 Å². The third kappa shape index (κ3) is 4.32. The summed E-state index contributed by atoms with van der Waals surface area (Å²) in [4.78, 5) is 3.96. The molecular formula is C15H18F3N3. The summed E-state index contributed by atoms with van der Waals surface area (Å²) in [7, 11) is 0. The van der Waals surface area contributed by atoms with Crippen LogP contribution in [0.5, 0.6) is 0 Å². The zero-order valence-electron chi connectivity index (χ0n) is 11.9. The normalized spacial score (nSPS) is 14.9. The van der Waals surface area contributed by atoms with E-state index < -0.39 is 11.7 Å². The average Bonchev–Trinajstić information content (AvgIpc) is 2.90. The van der Waals surface area contributed by atoms with E-state index >= 15 is 0 Å². The standard InChI is InChI=1S/C15H18F3N3/c1-11(9-21-7-6-19-10-21)20-12(2)13-4-3-5-14(8-13)15(16,17)18/h3-8,10-12,20H,9H2,1-2H3. The van der Waals surface area contributed by atoms with Crippen LogP contribution in [-0.2, 0) is 12.7 Å². The molecule has 0 bridgehead atoms. The van der Waals surface area contributed by atoms with Gasteiger partial charge in [-0.25, -0.2) is 4.98 Å². The van der Waals surface area contributed by atoms with Crippen LogP contribution < -0.4 is 5.32 Å². The Hall–Kier alpha value is -1.82. The van der Waals surface area contributed by atoms with Crippen molar-refractivity contribution in [3.05, 3.63) is 54.1 Å². The van der Waals surface area contributed by atoms with Crippen LogP contribution in [0.25, 0.3) is 0 Å². The molecule has 1 aromatic heterocycles. The Morgan fingerprint density at radius 1 is 1.29 bits per heavy atom. The highest BCUT2D eigenvalue weighted by Gasteiger charge is 2.30. The zero-order valence-corrected chi connectivity index (χ0v) is 11.9. The van der Waals surface area contributed by atoms with Crippen molar-refractivity contribution in [2.24, 2.45) is 0 Å². The number of aromatic nitrogens is 2. The Kier molecular flexibility index (Phi) is 4.67. The maximum atomic E-state index is 12.7. The first-order valence-electron chi connectivity index (χ1n) is 6.75. The molecule has 2 rings (SSSR count). The molecule has 0 aliphatic heterocycles. The largest absolute Gasteiger partial charge is 0.416 e. The van der Waals surface area contributed by atoms with Gasteiger partial charge in [-0.2, -0.15) is 13.2 Å². The molecule has 6 heteroatoms. The van der Waals surface area contributed by atoms with Crippen molar-refractivity contribution in [2.45, 2.75) is 38.7 Å². The van der Waals surface area contributed by atoms with Crippen LogP contribution >= 0.6 is 0 Å². The third-order valence-electron chi connectivity index (χ3n) is 3.29. The van der Waals surface area contributed by atoms with Crippen molar-refractivity contribution in [2.75, 3.05) is 0 Å². The molecule has 0 fully saturated rings. The lowest BCUT2D eigenvalue weighted by atomic mass is 10.0. The third-order valence-corrected chi connectivity index (χ3v) is 3.29. The number of alkyl halides is 3. The lowest BCUT2D eigenvalue weighted by molar-refractivity contribution is -0.137. The molecule has 0 radical (unpaired) electrons. The first-order valence-corrected chi connectivity index (χ1v) is 6.75. The van der Waals surface area contributed by atoms with Crippen LogP contribution in [0.3, 0.4) is 0 Å². The van der Waals surface area contributed by atoms with Gasteiger partial charge in [0.2, 0.25) is 0 Å². The second-order valence-electron chi connectivity index (χ2n) is 5.17. The van der Waals surface area contributed by atoms with Gasteiger partial charge in [-0.15, -0.1) is 0 Å². The molecule has 2 atom stereocenters. The molecule has 0 saturated carbocycles. The minimum atomic E-state index is -4.31. The maximum absolute atomic E-state index is 12.7. The number of halogens is 3. The van der Waals surface area contributed by atoms with Gasteiger partial charge in [0.15, 0.2) is 0 Å². The van der Waals surface area contributed by atoms with Crippen LogP contribution in [0.1, 0.15) is 31.0 Å². The molecule has 3 nitrogen and oxygen atoms in total. The van der Waals surface area contributed by atoms with Gasteiger partial charge < -0.3 is 9.88 Å². The molecule has 2 aromatic rings.